The molecule has 0 aliphatic heterocycles. The van der Waals surface area contributed by atoms with E-state index in [4.69, 9.17) is 0 Å². The van der Waals surface area contributed by atoms with Gasteiger partial charge >= 0.3 is 0 Å². The van der Waals surface area contributed by atoms with Crippen LogP contribution >= 0.6 is 0 Å². The predicted octanol–water partition coefficient (Wildman–Crippen LogP) is 6.72. The van der Waals surface area contributed by atoms with E-state index in [2.05, 4.69) is 67.9 Å². The molecule has 0 atom stereocenters. The maximum Gasteiger partial charge on any atom is 0.0780 e. The van der Waals surface area contributed by atoms with Crippen molar-refractivity contribution in [2.75, 3.05) is 0 Å². The maximum atomic E-state index is 4.69. The molecule has 1 nitrogen and oxygen atoms in total. The number of pyridine rings is 1. The molecular weight excluding hydrogens is 302 g/mol. The molecule has 0 bridgehead atoms. The molecule has 3 aromatic rings. The van der Waals surface area contributed by atoms with Crippen molar-refractivity contribution in [2.24, 2.45) is 5.92 Å². The number of benzene rings is 2. The van der Waals surface area contributed by atoms with Gasteiger partial charge in [-0.15, -0.1) is 0 Å². The molecule has 1 heteroatoms. The summed E-state index contributed by atoms with van der Waals surface area (Å²) in [5, 5.41) is 2.47. The van der Waals surface area contributed by atoms with Crippen molar-refractivity contribution in [1.29, 1.82) is 0 Å². The Labute approximate surface area is 150 Å². The summed E-state index contributed by atoms with van der Waals surface area (Å²) in [5.41, 5.74) is 7.43. The third-order valence-electron chi connectivity index (χ3n) is 5.48. The lowest BCUT2D eigenvalue weighted by atomic mass is 9.91. The van der Waals surface area contributed by atoms with Crippen LogP contribution in [0.5, 0.6) is 0 Å². The Morgan fingerprint density at radius 3 is 2.40 bits per heavy atom. The Kier molecular flexibility index (Phi) is 4.17. The molecule has 1 aliphatic carbocycles. The molecule has 0 N–H and O–H groups in total. The van der Waals surface area contributed by atoms with Gasteiger partial charge < -0.3 is 0 Å². The van der Waals surface area contributed by atoms with Crippen LogP contribution in [-0.4, -0.2) is 4.98 Å². The second kappa shape index (κ2) is 6.48. The van der Waals surface area contributed by atoms with Crippen molar-refractivity contribution >= 4 is 16.3 Å². The fraction of sp³-hybridized carbons (Fsp3) is 0.292. The van der Waals surface area contributed by atoms with Crippen molar-refractivity contribution in [1.82, 2.24) is 4.98 Å². The number of hydrogen-bond donors (Lipinski definition) is 0. The number of aromatic nitrogens is 1. The van der Waals surface area contributed by atoms with Crippen molar-refractivity contribution in [2.45, 2.75) is 39.5 Å². The van der Waals surface area contributed by atoms with Gasteiger partial charge in [-0.25, -0.2) is 0 Å². The molecule has 0 unspecified atom stereocenters. The molecule has 0 saturated heterocycles. The number of fused-ring (bicyclic) bond motifs is 1. The van der Waals surface area contributed by atoms with E-state index in [-0.39, 0.29) is 0 Å². The van der Waals surface area contributed by atoms with Crippen molar-refractivity contribution in [3.63, 3.8) is 0 Å². The normalized spacial score (nSPS) is 15.0. The fourth-order valence-corrected chi connectivity index (χ4v) is 4.23. The van der Waals surface area contributed by atoms with E-state index in [1.165, 1.54) is 64.3 Å². The van der Waals surface area contributed by atoms with E-state index >= 15 is 0 Å². The van der Waals surface area contributed by atoms with Gasteiger partial charge in [0, 0.05) is 17.1 Å². The van der Waals surface area contributed by atoms with E-state index in [1.807, 2.05) is 6.20 Å². The van der Waals surface area contributed by atoms with Crippen LogP contribution in [0.25, 0.3) is 27.6 Å². The van der Waals surface area contributed by atoms with Crippen molar-refractivity contribution in [3.05, 3.63) is 71.9 Å². The van der Waals surface area contributed by atoms with E-state index in [1.54, 1.807) is 0 Å². The van der Waals surface area contributed by atoms with Gasteiger partial charge in [-0.05, 0) is 73.4 Å². The van der Waals surface area contributed by atoms with Crippen LogP contribution in [0.1, 0.15) is 42.4 Å². The SMILES string of the molecule is C=C(c1ccc2c(-c3cc(C)cc(C)c3)nccc2c1)C1CCCC1. The third-order valence-corrected chi connectivity index (χ3v) is 5.48. The van der Waals surface area contributed by atoms with Crippen LogP contribution in [0.15, 0.2) is 55.2 Å². The molecule has 126 valence electrons. The van der Waals surface area contributed by atoms with Crippen LogP contribution in [0, 0.1) is 19.8 Å². The van der Waals surface area contributed by atoms with E-state index < -0.39 is 0 Å². The second-order valence-electron chi connectivity index (χ2n) is 7.48. The molecule has 1 heterocycles. The molecule has 25 heavy (non-hydrogen) atoms. The zero-order valence-electron chi connectivity index (χ0n) is 15.2. The minimum atomic E-state index is 0.665. The third kappa shape index (κ3) is 3.11. The fourth-order valence-electron chi connectivity index (χ4n) is 4.23. The molecule has 4 rings (SSSR count). The highest BCUT2D eigenvalue weighted by Gasteiger charge is 2.19. The van der Waals surface area contributed by atoms with Gasteiger partial charge in [0.05, 0.1) is 5.69 Å². The van der Waals surface area contributed by atoms with Crippen molar-refractivity contribution < 1.29 is 0 Å². The highest BCUT2D eigenvalue weighted by molar-refractivity contribution is 5.96. The quantitative estimate of drug-likeness (QED) is 0.520. The Hall–Kier alpha value is -2.41. The number of nitrogens with zero attached hydrogens (tertiary/aromatic N) is 1. The smallest absolute Gasteiger partial charge is 0.0780 e. The first-order valence-electron chi connectivity index (χ1n) is 9.28. The average Bonchev–Trinajstić information content (AvgIpc) is 3.14. The largest absolute Gasteiger partial charge is 0.256 e. The summed E-state index contributed by atoms with van der Waals surface area (Å²) >= 11 is 0. The van der Waals surface area contributed by atoms with Crippen LogP contribution in [-0.2, 0) is 0 Å². The van der Waals surface area contributed by atoms with Gasteiger partial charge in [0.15, 0.2) is 0 Å². The number of rotatable bonds is 3. The second-order valence-corrected chi connectivity index (χ2v) is 7.48. The van der Waals surface area contributed by atoms with Gasteiger partial charge in [0.1, 0.15) is 0 Å². The van der Waals surface area contributed by atoms with Crippen LogP contribution in [0.4, 0.5) is 0 Å². The Morgan fingerprint density at radius 1 is 0.960 bits per heavy atom. The highest BCUT2D eigenvalue weighted by Crippen LogP contribution is 2.37. The minimum Gasteiger partial charge on any atom is -0.256 e. The van der Waals surface area contributed by atoms with Gasteiger partial charge in [0.2, 0.25) is 0 Å². The lowest BCUT2D eigenvalue weighted by molar-refractivity contribution is 0.708. The Morgan fingerprint density at radius 2 is 1.68 bits per heavy atom. The zero-order valence-corrected chi connectivity index (χ0v) is 15.2. The summed E-state index contributed by atoms with van der Waals surface area (Å²) in [4.78, 5) is 4.69. The molecule has 1 aromatic heterocycles. The molecule has 1 saturated carbocycles. The summed E-state index contributed by atoms with van der Waals surface area (Å²) in [6, 6.07) is 15.5. The topological polar surface area (TPSA) is 12.9 Å². The molecule has 2 aromatic carbocycles. The Balaban J connectivity index is 1.79. The lowest BCUT2D eigenvalue weighted by Gasteiger charge is -2.15. The van der Waals surface area contributed by atoms with E-state index in [0.29, 0.717) is 5.92 Å². The first-order valence-corrected chi connectivity index (χ1v) is 9.28. The van der Waals surface area contributed by atoms with Gasteiger partial charge in [0.25, 0.3) is 0 Å². The molecule has 1 aliphatic rings. The Bertz CT molecular complexity index is 925. The lowest BCUT2D eigenvalue weighted by Crippen LogP contribution is -1.97. The summed E-state index contributed by atoms with van der Waals surface area (Å²) in [6.45, 7) is 8.69. The van der Waals surface area contributed by atoms with E-state index in [0.717, 1.165) is 5.69 Å². The van der Waals surface area contributed by atoms with Crippen LogP contribution < -0.4 is 0 Å². The van der Waals surface area contributed by atoms with Crippen molar-refractivity contribution in [3.8, 4) is 11.3 Å². The monoisotopic (exact) mass is 327 g/mol. The first-order chi connectivity index (χ1) is 12.1. The molecular formula is C24H25N. The van der Waals surface area contributed by atoms with Gasteiger partial charge in [-0.1, -0.05) is 48.7 Å². The molecule has 0 radical (unpaired) electrons. The highest BCUT2D eigenvalue weighted by atomic mass is 14.7. The van der Waals surface area contributed by atoms with E-state index in [9.17, 15) is 0 Å². The first kappa shape index (κ1) is 16.1. The maximum absolute atomic E-state index is 4.69. The summed E-state index contributed by atoms with van der Waals surface area (Å²) in [6.07, 6.45) is 7.20. The average molecular weight is 327 g/mol. The van der Waals surface area contributed by atoms with Crippen LogP contribution in [0.2, 0.25) is 0 Å². The van der Waals surface area contributed by atoms with Gasteiger partial charge in [-0.2, -0.15) is 0 Å². The number of allylic oxidation sites excluding steroid dienone is 1. The molecule has 0 amide bonds. The number of aryl methyl sites for hydroxylation is 2. The summed E-state index contributed by atoms with van der Waals surface area (Å²) in [5.74, 6) is 0.665. The number of hydrogen-bond acceptors (Lipinski definition) is 1. The van der Waals surface area contributed by atoms with Gasteiger partial charge in [-0.3, -0.25) is 4.98 Å². The standard InChI is InChI=1S/C24H25N/c1-16-12-17(2)14-22(13-16)24-23-9-8-20(15-21(23)10-11-25-24)18(3)19-6-4-5-7-19/h8-15,19H,3-7H2,1-2H3. The minimum absolute atomic E-state index is 0.665. The summed E-state index contributed by atoms with van der Waals surface area (Å²) < 4.78 is 0. The molecule has 1 fully saturated rings. The van der Waals surface area contributed by atoms with Crippen LogP contribution in [0.3, 0.4) is 0 Å². The summed E-state index contributed by atoms with van der Waals surface area (Å²) in [7, 11) is 0. The molecule has 0 spiro atoms. The zero-order chi connectivity index (χ0) is 17.4. The predicted molar refractivity (Wildman–Crippen MR) is 108 cm³/mol.